The van der Waals surface area contributed by atoms with Gasteiger partial charge in [0.15, 0.2) is 0 Å². The zero-order valence-corrected chi connectivity index (χ0v) is 28.0. The van der Waals surface area contributed by atoms with Crippen LogP contribution >= 0.6 is 0 Å². The minimum Gasteiger partial charge on any atom is -0.426 e. The lowest BCUT2D eigenvalue weighted by molar-refractivity contribution is -0.143. The van der Waals surface area contributed by atoms with E-state index in [9.17, 15) is 24.3 Å². The number of benzene rings is 3. The summed E-state index contributed by atoms with van der Waals surface area (Å²) >= 11 is 0. The van der Waals surface area contributed by atoms with Crippen LogP contribution in [0.15, 0.2) is 66.7 Å². The molecule has 1 atom stereocenters. The number of esters is 4. The maximum atomic E-state index is 13.1. The van der Waals surface area contributed by atoms with Crippen molar-refractivity contribution in [2.24, 2.45) is 10.8 Å². The molecule has 0 saturated heterocycles. The topological polar surface area (TPSA) is 137 Å². The zero-order valence-electron chi connectivity index (χ0n) is 28.0. The highest BCUT2D eigenvalue weighted by Crippen LogP contribution is 2.33. The first-order valence-corrected chi connectivity index (χ1v) is 15.6. The third-order valence-electron chi connectivity index (χ3n) is 7.71. The molecule has 0 spiro atoms. The van der Waals surface area contributed by atoms with Gasteiger partial charge in [-0.2, -0.15) is 0 Å². The van der Waals surface area contributed by atoms with Crippen LogP contribution in [0.5, 0.6) is 23.0 Å². The molecule has 0 aliphatic heterocycles. The van der Waals surface area contributed by atoms with Crippen LogP contribution in [-0.4, -0.2) is 41.1 Å². The van der Waals surface area contributed by atoms with E-state index >= 15 is 0 Å². The first-order valence-electron chi connectivity index (χ1n) is 15.6. The fourth-order valence-corrected chi connectivity index (χ4v) is 4.42. The molecule has 1 unspecified atom stereocenters. The fraction of sp³-hybridized carbons (Fsp3) is 0.405. The van der Waals surface area contributed by atoms with Gasteiger partial charge in [0.1, 0.15) is 23.0 Å². The van der Waals surface area contributed by atoms with Gasteiger partial charge in [-0.1, -0.05) is 0 Å². The number of aliphatic hydroxyl groups is 1. The van der Waals surface area contributed by atoms with Gasteiger partial charge in [0.05, 0.1) is 28.1 Å². The Hall–Kier alpha value is -4.54. The van der Waals surface area contributed by atoms with Gasteiger partial charge in [-0.05, 0) is 134 Å². The Morgan fingerprint density at radius 1 is 0.681 bits per heavy atom. The third kappa shape index (κ3) is 9.73. The SMILES string of the molecule is CC1(NCC(O)c2cc(OC(=O)c3ccc(OC(=O)C(C)(C)C)cc3)cc(OC(=O)c3ccc(OC(=O)C(C)(C)C)cc3)c2)CCC1. The molecule has 0 heterocycles. The summed E-state index contributed by atoms with van der Waals surface area (Å²) in [6.07, 6.45) is 2.13. The molecule has 3 aromatic carbocycles. The minimum absolute atomic E-state index is 0.0527. The average molecular weight is 646 g/mol. The summed E-state index contributed by atoms with van der Waals surface area (Å²) in [4.78, 5) is 50.5. The normalized spacial score (nSPS) is 14.7. The minimum atomic E-state index is -0.989. The smallest absolute Gasteiger partial charge is 0.343 e. The van der Waals surface area contributed by atoms with Crippen LogP contribution in [0.4, 0.5) is 0 Å². The highest BCUT2D eigenvalue weighted by atomic mass is 16.6. The summed E-state index contributed by atoms with van der Waals surface area (Å²) in [5.41, 5.74) is -0.675. The van der Waals surface area contributed by atoms with Crippen molar-refractivity contribution in [1.29, 1.82) is 0 Å². The Morgan fingerprint density at radius 2 is 1.09 bits per heavy atom. The van der Waals surface area contributed by atoms with Crippen molar-refractivity contribution in [3.05, 3.63) is 83.4 Å². The van der Waals surface area contributed by atoms with Crippen LogP contribution in [0.1, 0.15) is 100 Å². The number of nitrogens with one attached hydrogen (secondary N) is 1. The molecule has 0 amide bonds. The number of hydrogen-bond acceptors (Lipinski definition) is 10. The lowest BCUT2D eigenvalue weighted by Gasteiger charge is -2.40. The maximum absolute atomic E-state index is 13.1. The van der Waals surface area contributed by atoms with Gasteiger partial charge < -0.3 is 29.4 Å². The lowest BCUT2D eigenvalue weighted by Crippen LogP contribution is -2.49. The molecule has 3 aromatic rings. The van der Waals surface area contributed by atoms with E-state index in [0.29, 0.717) is 5.56 Å². The van der Waals surface area contributed by atoms with Crippen molar-refractivity contribution in [1.82, 2.24) is 5.32 Å². The highest BCUT2D eigenvalue weighted by molar-refractivity contribution is 5.92. The molecule has 10 heteroatoms. The molecule has 0 aromatic heterocycles. The van der Waals surface area contributed by atoms with E-state index in [2.05, 4.69) is 12.2 Å². The molecule has 0 radical (unpaired) electrons. The number of carbonyl (C=O) groups excluding carboxylic acids is 4. The van der Waals surface area contributed by atoms with Gasteiger partial charge in [-0.25, -0.2) is 9.59 Å². The Kier molecular flexibility index (Phi) is 10.6. The van der Waals surface area contributed by atoms with E-state index in [4.69, 9.17) is 18.9 Å². The second-order valence-corrected chi connectivity index (χ2v) is 14.2. The van der Waals surface area contributed by atoms with E-state index < -0.39 is 40.8 Å². The van der Waals surface area contributed by atoms with Gasteiger partial charge in [0.25, 0.3) is 0 Å². The largest absolute Gasteiger partial charge is 0.426 e. The third-order valence-corrected chi connectivity index (χ3v) is 7.71. The number of β-amino-alcohol motifs (C(OH)–C–C–N with tert-alkyl or cyclic N) is 1. The van der Waals surface area contributed by atoms with Crippen LogP contribution in [0, 0.1) is 10.8 Å². The summed E-state index contributed by atoms with van der Waals surface area (Å²) in [7, 11) is 0. The monoisotopic (exact) mass is 645 g/mol. The Morgan fingerprint density at radius 3 is 1.43 bits per heavy atom. The molecule has 4 rings (SSSR count). The van der Waals surface area contributed by atoms with Crippen LogP contribution < -0.4 is 24.3 Å². The maximum Gasteiger partial charge on any atom is 0.343 e. The van der Waals surface area contributed by atoms with Gasteiger partial charge in [0.2, 0.25) is 0 Å². The summed E-state index contributed by atoms with van der Waals surface area (Å²) < 4.78 is 22.0. The molecule has 1 fully saturated rings. The van der Waals surface area contributed by atoms with Crippen molar-refractivity contribution < 1.29 is 43.2 Å². The molecule has 1 saturated carbocycles. The molecular formula is C37H43NO9. The molecule has 1 aliphatic rings. The van der Waals surface area contributed by atoms with Crippen LogP contribution in [-0.2, 0) is 9.59 Å². The predicted molar refractivity (Wildman–Crippen MR) is 175 cm³/mol. The van der Waals surface area contributed by atoms with Crippen molar-refractivity contribution in [2.75, 3.05) is 6.54 Å². The molecule has 0 bridgehead atoms. The van der Waals surface area contributed by atoms with Gasteiger partial charge in [-0.15, -0.1) is 0 Å². The highest BCUT2D eigenvalue weighted by Gasteiger charge is 2.32. The van der Waals surface area contributed by atoms with E-state index in [-0.39, 0.29) is 46.2 Å². The van der Waals surface area contributed by atoms with E-state index in [1.165, 1.54) is 66.7 Å². The van der Waals surface area contributed by atoms with Crippen LogP contribution in [0.25, 0.3) is 0 Å². The molecule has 10 nitrogen and oxygen atoms in total. The predicted octanol–water partition coefficient (Wildman–Crippen LogP) is 6.59. The second kappa shape index (κ2) is 14.1. The van der Waals surface area contributed by atoms with Crippen molar-refractivity contribution in [3.8, 4) is 23.0 Å². The number of aliphatic hydroxyl groups excluding tert-OH is 1. The standard InChI is InChI=1S/C37H43NO9/c1-35(2,3)33(42)46-26-13-9-23(10-14-26)31(40)44-28-19-25(30(39)22-38-37(7)17-8-18-37)20-29(21-28)45-32(41)24-11-15-27(16-12-24)47-34(43)36(4,5)6/h9-16,19-21,30,38-39H,8,17-18,22H2,1-7H3. The summed E-state index contributed by atoms with van der Waals surface area (Å²) in [5.74, 6) is -1.56. The Bertz CT molecular complexity index is 1510. The molecular weight excluding hydrogens is 602 g/mol. The number of ether oxygens (including phenoxy) is 4. The molecule has 47 heavy (non-hydrogen) atoms. The number of rotatable bonds is 10. The van der Waals surface area contributed by atoms with Gasteiger partial charge in [0, 0.05) is 18.2 Å². The summed E-state index contributed by atoms with van der Waals surface area (Å²) in [6.45, 7) is 12.8. The van der Waals surface area contributed by atoms with Crippen LogP contribution in [0.3, 0.4) is 0 Å². The molecule has 1 aliphatic carbocycles. The fourth-order valence-electron chi connectivity index (χ4n) is 4.42. The first kappa shape index (κ1) is 35.3. The number of hydrogen-bond donors (Lipinski definition) is 2. The van der Waals surface area contributed by atoms with Crippen molar-refractivity contribution in [2.45, 2.75) is 79.4 Å². The van der Waals surface area contributed by atoms with E-state index in [0.717, 1.165) is 19.3 Å². The van der Waals surface area contributed by atoms with E-state index in [1.807, 2.05) is 0 Å². The van der Waals surface area contributed by atoms with Gasteiger partial charge >= 0.3 is 23.9 Å². The zero-order chi connectivity index (χ0) is 34.6. The first-order chi connectivity index (χ1) is 21.9. The van der Waals surface area contributed by atoms with Crippen molar-refractivity contribution in [3.63, 3.8) is 0 Å². The summed E-state index contributed by atoms with van der Waals surface area (Å²) in [5, 5.41) is 14.4. The van der Waals surface area contributed by atoms with Crippen LogP contribution in [0.2, 0.25) is 0 Å². The Balaban J connectivity index is 1.51. The van der Waals surface area contributed by atoms with E-state index in [1.54, 1.807) is 41.5 Å². The Labute approximate surface area is 275 Å². The lowest BCUT2D eigenvalue weighted by atomic mass is 9.78. The molecule has 250 valence electrons. The molecule has 2 N–H and O–H groups in total. The van der Waals surface area contributed by atoms with Gasteiger partial charge in [-0.3, -0.25) is 9.59 Å². The number of carbonyl (C=O) groups is 4. The average Bonchev–Trinajstić information content (AvgIpc) is 2.98. The quantitative estimate of drug-likeness (QED) is 0.183. The van der Waals surface area contributed by atoms with Crippen molar-refractivity contribution >= 4 is 23.9 Å². The second-order valence-electron chi connectivity index (χ2n) is 14.2. The summed E-state index contributed by atoms with van der Waals surface area (Å²) in [6, 6.07) is 16.3.